The monoisotopic (exact) mass is 518 g/mol. The zero-order chi connectivity index (χ0) is 25.7. The predicted octanol–water partition coefficient (Wildman–Crippen LogP) is -1.29. The van der Waals surface area contributed by atoms with E-state index in [-0.39, 0.29) is 19.3 Å². The zero-order valence-electron chi connectivity index (χ0n) is 19.4. The number of hydrogen-bond donors (Lipinski definition) is 7. The Bertz CT molecular complexity index is 795. The number of imidazole rings is 1. The van der Waals surface area contributed by atoms with E-state index < -0.39 is 54.0 Å². The molecular weight excluding hydrogens is 484 g/mol. The molecule has 0 saturated carbocycles. The summed E-state index contributed by atoms with van der Waals surface area (Å²) >= 11 is 2.90. The molecule has 8 N–H and O–H groups in total. The summed E-state index contributed by atoms with van der Waals surface area (Å²) in [5.74, 6) is -2.21. The Balaban J connectivity index is 2.86. The van der Waals surface area contributed by atoms with Crippen LogP contribution < -0.4 is 21.7 Å². The number of hydrogen-bond acceptors (Lipinski definition) is 9. The number of aliphatic carboxylic acids is 1. The lowest BCUT2D eigenvalue weighted by Crippen LogP contribution is -2.60. The van der Waals surface area contributed by atoms with Gasteiger partial charge in [-0.25, -0.2) is 9.78 Å². The van der Waals surface area contributed by atoms with Crippen molar-refractivity contribution in [3.8, 4) is 0 Å². The van der Waals surface area contributed by atoms with Crippen molar-refractivity contribution >= 4 is 47.2 Å². The first kappa shape index (κ1) is 29.7. The van der Waals surface area contributed by atoms with Crippen LogP contribution in [0, 0.1) is 0 Å². The number of aliphatic hydroxyl groups is 1. The number of carboxylic acid groups (broad SMARTS) is 1. The van der Waals surface area contributed by atoms with Gasteiger partial charge in [-0.05, 0) is 43.8 Å². The standard InChI is InChI=1S/C20H34N6O6S2/c1-11(27)16(26-17(28)13(21)8-12-9-22-10-23-12)19(30)24-14(4-6-33-2)18(29)25-15(20(31)32)5-7-34-3/h9-11,13-16,27H,4-8,21H2,1-3H3,(H,22,23)(H,24,30)(H,25,29)(H,26,28)(H,31,32). The van der Waals surface area contributed by atoms with Gasteiger partial charge in [-0.2, -0.15) is 23.5 Å². The molecule has 34 heavy (non-hydrogen) atoms. The molecule has 0 fully saturated rings. The molecule has 0 aliphatic carbocycles. The highest BCUT2D eigenvalue weighted by atomic mass is 32.2. The zero-order valence-corrected chi connectivity index (χ0v) is 21.1. The number of carbonyl (C=O) groups is 4. The molecule has 1 aromatic rings. The Morgan fingerprint density at radius 1 is 1.03 bits per heavy atom. The maximum atomic E-state index is 12.9. The number of nitrogens with two attached hydrogens (primary N) is 1. The first-order valence-electron chi connectivity index (χ1n) is 10.6. The highest BCUT2D eigenvalue weighted by Crippen LogP contribution is 2.06. The van der Waals surface area contributed by atoms with E-state index in [0.29, 0.717) is 17.2 Å². The second-order valence-electron chi connectivity index (χ2n) is 7.64. The van der Waals surface area contributed by atoms with Gasteiger partial charge in [0.2, 0.25) is 17.7 Å². The van der Waals surface area contributed by atoms with E-state index in [9.17, 15) is 29.4 Å². The van der Waals surface area contributed by atoms with Crippen LogP contribution in [-0.2, 0) is 25.6 Å². The molecule has 14 heteroatoms. The third kappa shape index (κ3) is 10.3. The summed E-state index contributed by atoms with van der Waals surface area (Å²) in [6, 6.07) is -4.51. The Morgan fingerprint density at radius 2 is 1.62 bits per heavy atom. The van der Waals surface area contributed by atoms with Crippen molar-refractivity contribution in [2.24, 2.45) is 5.73 Å². The van der Waals surface area contributed by atoms with Crippen LogP contribution >= 0.6 is 23.5 Å². The maximum Gasteiger partial charge on any atom is 0.326 e. The number of H-pyrrole nitrogens is 1. The number of aromatic nitrogens is 2. The molecule has 12 nitrogen and oxygen atoms in total. The molecule has 0 radical (unpaired) electrons. The lowest BCUT2D eigenvalue weighted by Gasteiger charge is -2.26. The van der Waals surface area contributed by atoms with Crippen LogP contribution in [0.25, 0.3) is 0 Å². The first-order chi connectivity index (χ1) is 16.1. The van der Waals surface area contributed by atoms with Crippen LogP contribution in [-0.4, -0.2) is 98.2 Å². The van der Waals surface area contributed by atoms with Crippen LogP contribution in [0.15, 0.2) is 12.5 Å². The van der Waals surface area contributed by atoms with Crippen molar-refractivity contribution in [3.63, 3.8) is 0 Å². The third-order valence-corrected chi connectivity index (χ3v) is 6.15. The molecule has 5 unspecified atom stereocenters. The van der Waals surface area contributed by atoms with E-state index in [1.54, 1.807) is 0 Å². The topological polar surface area (TPSA) is 200 Å². The highest BCUT2D eigenvalue weighted by molar-refractivity contribution is 7.98. The van der Waals surface area contributed by atoms with E-state index in [1.165, 1.54) is 43.0 Å². The van der Waals surface area contributed by atoms with Crippen molar-refractivity contribution in [2.45, 2.75) is 56.5 Å². The minimum atomic E-state index is -1.36. The van der Waals surface area contributed by atoms with Crippen LogP contribution in [0.2, 0.25) is 0 Å². The number of nitrogens with one attached hydrogen (secondary N) is 4. The van der Waals surface area contributed by atoms with Crippen molar-refractivity contribution in [3.05, 3.63) is 18.2 Å². The molecule has 1 heterocycles. The quantitative estimate of drug-likeness (QED) is 0.138. The number of amides is 3. The Hall–Kier alpha value is -2.29. The molecular formula is C20H34N6O6S2. The molecule has 1 aromatic heterocycles. The fraction of sp³-hybridized carbons (Fsp3) is 0.650. The van der Waals surface area contributed by atoms with Crippen LogP contribution in [0.4, 0.5) is 0 Å². The SMILES string of the molecule is CSCCC(NC(=O)C(CCSC)NC(=O)C(NC(=O)C(N)Cc1cnc[nH]1)C(C)O)C(=O)O. The summed E-state index contributed by atoms with van der Waals surface area (Å²) in [4.78, 5) is 56.3. The summed E-state index contributed by atoms with van der Waals surface area (Å²) in [6.45, 7) is 1.32. The maximum absolute atomic E-state index is 12.9. The van der Waals surface area contributed by atoms with E-state index in [1.807, 2.05) is 12.5 Å². The van der Waals surface area contributed by atoms with E-state index in [0.717, 1.165) is 0 Å². The average Bonchev–Trinajstić information content (AvgIpc) is 3.29. The van der Waals surface area contributed by atoms with Gasteiger partial charge in [0.25, 0.3) is 0 Å². The van der Waals surface area contributed by atoms with Crippen LogP contribution in [0.3, 0.4) is 0 Å². The molecule has 0 aliphatic heterocycles. The van der Waals surface area contributed by atoms with Crippen LogP contribution in [0.1, 0.15) is 25.5 Å². The molecule has 0 bridgehead atoms. The lowest BCUT2D eigenvalue weighted by molar-refractivity contribution is -0.142. The normalized spacial score (nSPS) is 15.4. The minimum Gasteiger partial charge on any atom is -0.480 e. The van der Waals surface area contributed by atoms with Crippen molar-refractivity contribution in [2.75, 3.05) is 24.0 Å². The third-order valence-electron chi connectivity index (χ3n) is 4.86. The van der Waals surface area contributed by atoms with Crippen molar-refractivity contribution in [1.29, 1.82) is 0 Å². The summed E-state index contributed by atoms with van der Waals surface area (Å²) in [6.07, 6.45) is 5.95. The lowest BCUT2D eigenvalue weighted by atomic mass is 10.1. The highest BCUT2D eigenvalue weighted by Gasteiger charge is 2.32. The molecule has 1 rings (SSSR count). The number of aromatic amines is 1. The smallest absolute Gasteiger partial charge is 0.326 e. The molecule has 5 atom stereocenters. The summed E-state index contributed by atoms with van der Waals surface area (Å²) < 4.78 is 0. The molecule has 0 saturated heterocycles. The number of rotatable bonds is 16. The van der Waals surface area contributed by atoms with Crippen molar-refractivity contribution in [1.82, 2.24) is 25.9 Å². The van der Waals surface area contributed by atoms with Gasteiger partial charge in [-0.15, -0.1) is 0 Å². The number of aliphatic hydroxyl groups excluding tert-OH is 1. The average molecular weight is 519 g/mol. The summed E-state index contributed by atoms with van der Waals surface area (Å²) in [5, 5.41) is 26.9. The second kappa shape index (κ2) is 15.6. The number of thioether (sulfide) groups is 2. The Morgan fingerprint density at radius 3 is 2.12 bits per heavy atom. The first-order valence-corrected chi connectivity index (χ1v) is 13.4. The van der Waals surface area contributed by atoms with E-state index >= 15 is 0 Å². The van der Waals surface area contributed by atoms with Crippen LogP contribution in [0.5, 0.6) is 0 Å². The van der Waals surface area contributed by atoms with Gasteiger partial charge in [0.05, 0.1) is 18.5 Å². The van der Waals surface area contributed by atoms with Gasteiger partial charge in [0.15, 0.2) is 0 Å². The fourth-order valence-corrected chi connectivity index (χ4v) is 3.87. The predicted molar refractivity (Wildman–Crippen MR) is 131 cm³/mol. The molecule has 192 valence electrons. The van der Waals surface area contributed by atoms with Gasteiger partial charge in [-0.1, -0.05) is 0 Å². The number of carbonyl (C=O) groups excluding carboxylic acids is 3. The van der Waals surface area contributed by atoms with Gasteiger partial charge >= 0.3 is 5.97 Å². The second-order valence-corrected chi connectivity index (χ2v) is 9.61. The fourth-order valence-electron chi connectivity index (χ4n) is 2.92. The van der Waals surface area contributed by atoms with E-state index in [2.05, 4.69) is 25.9 Å². The van der Waals surface area contributed by atoms with Gasteiger partial charge in [0, 0.05) is 18.3 Å². The molecule has 0 spiro atoms. The summed E-state index contributed by atoms with van der Waals surface area (Å²) in [5.41, 5.74) is 6.53. The summed E-state index contributed by atoms with van der Waals surface area (Å²) in [7, 11) is 0. The Labute approximate surface area is 207 Å². The van der Waals surface area contributed by atoms with E-state index in [4.69, 9.17) is 5.73 Å². The van der Waals surface area contributed by atoms with Crippen molar-refractivity contribution < 1.29 is 29.4 Å². The largest absolute Gasteiger partial charge is 0.480 e. The molecule has 3 amide bonds. The number of nitrogens with zero attached hydrogens (tertiary/aromatic N) is 1. The minimum absolute atomic E-state index is 0.144. The van der Waals surface area contributed by atoms with Gasteiger partial charge < -0.3 is 36.9 Å². The molecule has 0 aromatic carbocycles. The molecule has 0 aliphatic rings. The van der Waals surface area contributed by atoms with Gasteiger partial charge in [0.1, 0.15) is 18.1 Å². The number of carboxylic acids is 1. The van der Waals surface area contributed by atoms with Gasteiger partial charge in [-0.3, -0.25) is 14.4 Å². The Kier molecular flexibility index (Phi) is 13.6.